The second-order valence-corrected chi connectivity index (χ2v) is 5.20. The number of ether oxygens (including phenoxy) is 2. The van der Waals surface area contributed by atoms with Gasteiger partial charge in [-0.3, -0.25) is 4.79 Å². The summed E-state index contributed by atoms with van der Waals surface area (Å²) in [5.74, 6) is 0.996. The Labute approximate surface area is 123 Å². The minimum Gasteiger partial charge on any atom is -0.497 e. The van der Waals surface area contributed by atoms with Gasteiger partial charge in [0.05, 0.1) is 19.5 Å². The summed E-state index contributed by atoms with van der Waals surface area (Å²) in [7, 11) is 3.34. The van der Waals surface area contributed by atoms with Crippen LogP contribution in [-0.4, -0.2) is 36.8 Å². The van der Waals surface area contributed by atoms with Crippen LogP contribution in [0, 0.1) is 0 Å². The number of carbonyl (C=O) groups is 1. The smallest absolute Gasteiger partial charge is 0.237 e. The molecule has 1 aromatic rings. The number of carbonyl (C=O) groups excluding carboxylic acids is 1. The normalized spacial score (nSPS) is 9.84. The zero-order valence-electron chi connectivity index (χ0n) is 11.2. The molecular formula is C13H17NO3S2. The molecule has 0 saturated carbocycles. The Morgan fingerprint density at radius 1 is 1.37 bits per heavy atom. The Bertz CT molecular complexity index is 434. The molecule has 1 amide bonds. The van der Waals surface area contributed by atoms with E-state index in [2.05, 4.69) is 0 Å². The molecule has 0 bridgehead atoms. The van der Waals surface area contributed by atoms with Crippen LogP contribution in [0.5, 0.6) is 5.75 Å². The van der Waals surface area contributed by atoms with Gasteiger partial charge in [-0.1, -0.05) is 11.8 Å². The second kappa shape index (κ2) is 8.01. The second-order valence-electron chi connectivity index (χ2n) is 3.62. The summed E-state index contributed by atoms with van der Waals surface area (Å²) >= 11 is 6.19. The summed E-state index contributed by atoms with van der Waals surface area (Å²) in [6, 6.07) is 7.30. The minimum absolute atomic E-state index is 0.0304. The van der Waals surface area contributed by atoms with Gasteiger partial charge >= 0.3 is 0 Å². The third kappa shape index (κ3) is 5.08. The van der Waals surface area contributed by atoms with E-state index in [-0.39, 0.29) is 11.7 Å². The number of amides is 1. The Balaban J connectivity index is 2.53. The molecule has 0 unspecified atom stereocenters. The van der Waals surface area contributed by atoms with Crippen LogP contribution in [0.2, 0.25) is 0 Å². The zero-order chi connectivity index (χ0) is 14.3. The van der Waals surface area contributed by atoms with Crippen LogP contribution >= 0.6 is 24.0 Å². The summed E-state index contributed by atoms with van der Waals surface area (Å²) in [5.41, 5.74) is 0.814. The molecule has 0 aliphatic carbocycles. The summed E-state index contributed by atoms with van der Waals surface area (Å²) in [4.78, 5) is 13.5. The molecule has 0 saturated heterocycles. The Morgan fingerprint density at radius 3 is 2.53 bits per heavy atom. The van der Waals surface area contributed by atoms with Crippen molar-refractivity contribution in [3.8, 4) is 5.75 Å². The highest BCUT2D eigenvalue weighted by Crippen LogP contribution is 2.19. The molecule has 19 heavy (non-hydrogen) atoms. The molecule has 0 aliphatic rings. The van der Waals surface area contributed by atoms with Crippen LogP contribution in [0.25, 0.3) is 0 Å². The van der Waals surface area contributed by atoms with E-state index in [9.17, 15) is 4.79 Å². The molecule has 0 heterocycles. The van der Waals surface area contributed by atoms with Gasteiger partial charge in [0.1, 0.15) is 5.75 Å². The van der Waals surface area contributed by atoms with Crippen molar-refractivity contribution < 1.29 is 14.3 Å². The predicted molar refractivity (Wildman–Crippen MR) is 83.1 cm³/mol. The standard InChI is InChI=1S/C13H17NO3S2/c1-4-17-13(18)19-9-12(15)14(2)10-5-7-11(16-3)8-6-10/h5-8H,4,9H2,1-3H3. The molecule has 0 spiro atoms. The van der Waals surface area contributed by atoms with Crippen LogP contribution in [0.3, 0.4) is 0 Å². The van der Waals surface area contributed by atoms with Crippen molar-refractivity contribution in [1.82, 2.24) is 0 Å². The predicted octanol–water partition coefficient (Wildman–Crippen LogP) is 2.71. The van der Waals surface area contributed by atoms with Gasteiger partial charge in [-0.15, -0.1) is 0 Å². The lowest BCUT2D eigenvalue weighted by molar-refractivity contribution is -0.115. The molecule has 0 aliphatic heterocycles. The lowest BCUT2D eigenvalue weighted by atomic mass is 10.3. The molecule has 4 nitrogen and oxygen atoms in total. The summed E-state index contributed by atoms with van der Waals surface area (Å²) in [6.07, 6.45) is 0. The number of thiocarbonyl (C=S) groups is 1. The first-order valence-corrected chi connectivity index (χ1v) is 7.18. The zero-order valence-corrected chi connectivity index (χ0v) is 12.8. The maximum Gasteiger partial charge on any atom is 0.237 e. The van der Waals surface area contributed by atoms with Crippen molar-refractivity contribution in [2.75, 3.05) is 31.4 Å². The van der Waals surface area contributed by atoms with Gasteiger partial charge in [-0.25, -0.2) is 0 Å². The fourth-order valence-electron chi connectivity index (χ4n) is 1.33. The lowest BCUT2D eigenvalue weighted by Gasteiger charge is -2.17. The van der Waals surface area contributed by atoms with Crippen molar-refractivity contribution in [2.24, 2.45) is 0 Å². The number of rotatable bonds is 5. The Hall–Kier alpha value is -1.27. The van der Waals surface area contributed by atoms with Gasteiger partial charge in [0, 0.05) is 12.7 Å². The van der Waals surface area contributed by atoms with Gasteiger partial charge < -0.3 is 14.4 Å². The van der Waals surface area contributed by atoms with Crippen molar-refractivity contribution in [2.45, 2.75) is 6.92 Å². The van der Waals surface area contributed by atoms with Crippen LogP contribution in [-0.2, 0) is 9.53 Å². The summed E-state index contributed by atoms with van der Waals surface area (Å²) in [6.45, 7) is 2.38. The average molecular weight is 299 g/mol. The molecule has 6 heteroatoms. The van der Waals surface area contributed by atoms with E-state index < -0.39 is 0 Å². The molecule has 1 aromatic carbocycles. The fourth-order valence-corrected chi connectivity index (χ4v) is 2.26. The third-order valence-electron chi connectivity index (χ3n) is 2.41. The SMILES string of the molecule is CCOC(=S)SCC(=O)N(C)c1ccc(OC)cc1. The van der Waals surface area contributed by atoms with Crippen LogP contribution in [0.4, 0.5) is 5.69 Å². The summed E-state index contributed by atoms with van der Waals surface area (Å²) < 4.78 is 10.6. The number of anilines is 1. The van der Waals surface area contributed by atoms with E-state index in [4.69, 9.17) is 21.7 Å². The molecule has 0 aromatic heterocycles. The van der Waals surface area contributed by atoms with E-state index in [1.807, 2.05) is 31.2 Å². The van der Waals surface area contributed by atoms with E-state index in [1.54, 1.807) is 19.1 Å². The minimum atomic E-state index is -0.0304. The Kier molecular flexibility index (Phi) is 6.66. The van der Waals surface area contributed by atoms with Crippen molar-refractivity contribution >= 4 is 40.0 Å². The maximum absolute atomic E-state index is 12.0. The van der Waals surface area contributed by atoms with Crippen molar-refractivity contribution in [1.29, 1.82) is 0 Å². The number of hydrogen-bond donors (Lipinski definition) is 0. The highest BCUT2D eigenvalue weighted by molar-refractivity contribution is 8.23. The number of thioether (sulfide) groups is 1. The van der Waals surface area contributed by atoms with Gasteiger partial charge in [-0.05, 0) is 43.4 Å². The largest absolute Gasteiger partial charge is 0.497 e. The average Bonchev–Trinajstić information content (AvgIpc) is 2.44. The van der Waals surface area contributed by atoms with Crippen LogP contribution in [0.1, 0.15) is 6.92 Å². The van der Waals surface area contributed by atoms with Gasteiger partial charge in [-0.2, -0.15) is 0 Å². The van der Waals surface area contributed by atoms with Crippen molar-refractivity contribution in [3.05, 3.63) is 24.3 Å². The molecule has 1 rings (SSSR count). The Morgan fingerprint density at radius 2 is 2.00 bits per heavy atom. The van der Waals surface area contributed by atoms with Crippen LogP contribution in [0.15, 0.2) is 24.3 Å². The first-order valence-electron chi connectivity index (χ1n) is 5.78. The molecule has 0 N–H and O–H groups in total. The number of nitrogens with zero attached hydrogens (tertiary/aromatic N) is 1. The van der Waals surface area contributed by atoms with Crippen molar-refractivity contribution in [3.63, 3.8) is 0 Å². The van der Waals surface area contributed by atoms with Gasteiger partial charge in [0.2, 0.25) is 10.3 Å². The first kappa shape index (κ1) is 15.8. The third-order valence-corrected chi connectivity index (χ3v) is 3.63. The number of benzene rings is 1. The fraction of sp³-hybridized carbons (Fsp3) is 0.385. The lowest BCUT2D eigenvalue weighted by Crippen LogP contribution is -2.28. The van der Waals surface area contributed by atoms with E-state index >= 15 is 0 Å². The maximum atomic E-state index is 12.0. The van der Waals surface area contributed by atoms with Crippen LogP contribution < -0.4 is 9.64 Å². The molecule has 0 radical (unpaired) electrons. The van der Waals surface area contributed by atoms with Gasteiger partial charge in [0.15, 0.2) is 0 Å². The molecular weight excluding hydrogens is 282 g/mol. The van der Waals surface area contributed by atoms with E-state index in [0.29, 0.717) is 11.0 Å². The number of methoxy groups -OCH3 is 1. The monoisotopic (exact) mass is 299 g/mol. The highest BCUT2D eigenvalue weighted by atomic mass is 32.2. The highest BCUT2D eigenvalue weighted by Gasteiger charge is 2.12. The topological polar surface area (TPSA) is 38.8 Å². The first-order chi connectivity index (χ1) is 9.08. The molecule has 0 atom stereocenters. The molecule has 104 valence electrons. The molecule has 0 fully saturated rings. The number of hydrogen-bond acceptors (Lipinski definition) is 5. The quantitative estimate of drug-likeness (QED) is 0.782. The van der Waals surface area contributed by atoms with E-state index in [1.165, 1.54) is 11.8 Å². The van der Waals surface area contributed by atoms with Gasteiger partial charge in [0.25, 0.3) is 0 Å². The van der Waals surface area contributed by atoms with E-state index in [0.717, 1.165) is 11.4 Å². The summed E-state index contributed by atoms with van der Waals surface area (Å²) in [5, 5.41) is 0.